The van der Waals surface area contributed by atoms with Gasteiger partial charge in [0.2, 0.25) is 0 Å². The van der Waals surface area contributed by atoms with Gasteiger partial charge in [0, 0.05) is 229 Å². The largest absolute Gasteiger partial charge is 0.532 e. The second-order valence-electron chi connectivity index (χ2n) is 7.00. The summed E-state index contributed by atoms with van der Waals surface area (Å²) in [6.45, 7) is 52.8. The minimum Gasteiger partial charge on any atom is -0.532 e. The van der Waals surface area contributed by atoms with Crippen LogP contribution in [-0.2, 0) is 253 Å². The summed E-state index contributed by atoms with van der Waals surface area (Å²) in [5.41, 5.74) is 0. The van der Waals surface area contributed by atoms with Crippen molar-refractivity contribution < 1.29 is 278 Å². The molecular formula is C39H87O10Y7-9. The Morgan fingerprint density at radius 2 is 0.696 bits per heavy atom. The van der Waals surface area contributed by atoms with Gasteiger partial charge < -0.3 is 95.5 Å². The van der Waals surface area contributed by atoms with E-state index in [1.165, 1.54) is 38.7 Å². The zero-order valence-corrected chi connectivity index (χ0v) is 58.6. The molecule has 0 aromatic rings. The molecule has 7 radical (unpaired) electrons. The van der Waals surface area contributed by atoms with Crippen molar-refractivity contribution in [2.24, 2.45) is 0 Å². The second-order valence-corrected chi connectivity index (χ2v) is 7.00. The van der Waals surface area contributed by atoms with Crippen molar-refractivity contribution in [1.29, 1.82) is 0 Å². The van der Waals surface area contributed by atoms with Crippen molar-refractivity contribution in [3.05, 3.63) is 85.5 Å². The third kappa shape index (κ3) is 330. The van der Waals surface area contributed by atoms with E-state index < -0.39 is 0 Å². The molecule has 0 fully saturated rings. The fourth-order valence-electron chi connectivity index (χ4n) is 0.692. The second kappa shape index (κ2) is 201. The first kappa shape index (κ1) is 125. The van der Waals surface area contributed by atoms with E-state index in [4.69, 9.17) is 35.0 Å². The van der Waals surface area contributed by atoms with Crippen molar-refractivity contribution >= 4 is 0 Å². The standard InChI is InChI=1S/2C5H12O2.3C4H9.2C3H7O2.C3H6O2.2C2H5.2C2H3.7Y/c2*1-3-5(2)7-4-6;3*1-3-4-2;3*1-2-5-3-4;4*1-2;;;;;;;/h2*5-6H,3-4H2,1-2H3;3*3H,4H2,1-2H3;2*2,4H,3H2,1H3;2,4H,1,3H2;2*1H2,2H3;2*1H,2H2;;;;;;;/q;;5*-1;;4*-1;;;;;;;. The maximum absolute atomic E-state index is 8.15. The molecule has 0 aliphatic carbocycles. The molecular weight excluding hydrogens is 1250 g/mol. The average molecular weight is 1340 g/mol. The van der Waals surface area contributed by atoms with Gasteiger partial charge in [0.1, 0.15) is 27.2 Å². The maximum atomic E-state index is 8.15. The van der Waals surface area contributed by atoms with Crippen molar-refractivity contribution in [2.75, 3.05) is 34.0 Å². The van der Waals surface area contributed by atoms with Gasteiger partial charge in [0.15, 0.2) is 6.79 Å². The van der Waals surface area contributed by atoms with Gasteiger partial charge in [-0.15, -0.1) is 0 Å². The van der Waals surface area contributed by atoms with Crippen LogP contribution in [0.2, 0.25) is 0 Å². The Morgan fingerprint density at radius 3 is 0.714 bits per heavy atom. The van der Waals surface area contributed by atoms with Crippen LogP contribution in [-0.4, -0.2) is 71.7 Å². The predicted octanol–water partition coefficient (Wildman–Crippen LogP) is 9.60. The van der Waals surface area contributed by atoms with Crippen molar-refractivity contribution in [2.45, 2.75) is 141 Å². The summed E-state index contributed by atoms with van der Waals surface area (Å²) in [7, 11) is 0. The monoisotopic (exact) mass is 1340 g/mol. The quantitative estimate of drug-likeness (QED) is 0.0611. The van der Waals surface area contributed by atoms with Gasteiger partial charge in [-0.2, -0.15) is 67.7 Å². The molecule has 0 aliphatic rings. The predicted molar refractivity (Wildman–Crippen MR) is 213 cm³/mol. The van der Waals surface area contributed by atoms with Crippen LogP contribution in [0, 0.1) is 59.5 Å². The molecule has 0 spiro atoms. The smallest absolute Gasteiger partial charge is 0.185 e. The number of aliphatic hydroxyl groups is 5. The Hall–Kier alpha value is 6.39. The Bertz CT molecular complexity index is 332. The van der Waals surface area contributed by atoms with E-state index in [9.17, 15) is 0 Å². The summed E-state index contributed by atoms with van der Waals surface area (Å²) in [4.78, 5) is 0. The van der Waals surface area contributed by atoms with Gasteiger partial charge in [0.25, 0.3) is 0 Å². The summed E-state index contributed by atoms with van der Waals surface area (Å²) < 4.78 is 22.2. The number of unbranched alkanes of at least 4 members (excludes halogenated alkanes) is 3. The molecule has 0 saturated heterocycles. The van der Waals surface area contributed by atoms with Crippen molar-refractivity contribution in [3.8, 4) is 0 Å². The summed E-state index contributed by atoms with van der Waals surface area (Å²) in [5, 5.41) is 39.7. The molecule has 2 unspecified atom stereocenters. The Kier molecular flexibility index (Phi) is 448. The molecule has 0 bridgehead atoms. The normalized spacial score (nSPS) is 7.59. The van der Waals surface area contributed by atoms with Crippen LogP contribution < -0.4 is 0 Å². The van der Waals surface area contributed by atoms with Crippen LogP contribution in [0.25, 0.3) is 0 Å². The minimum absolute atomic E-state index is 0. The van der Waals surface area contributed by atoms with Gasteiger partial charge in [-0.05, 0) is 26.7 Å². The molecule has 2 atom stereocenters. The molecule has 17 heteroatoms. The van der Waals surface area contributed by atoms with Crippen LogP contribution in [0.15, 0.2) is 26.0 Å². The van der Waals surface area contributed by atoms with Crippen molar-refractivity contribution in [3.63, 3.8) is 0 Å². The first-order chi connectivity index (χ1) is 23.6. The summed E-state index contributed by atoms with van der Waals surface area (Å²) in [6, 6.07) is 0. The van der Waals surface area contributed by atoms with Crippen molar-refractivity contribution in [1.82, 2.24) is 0 Å². The Balaban J connectivity index is -0.0000000158. The molecule has 0 heterocycles. The van der Waals surface area contributed by atoms with Crippen LogP contribution in [0.5, 0.6) is 0 Å². The molecule has 333 valence electrons. The first-order valence-corrected chi connectivity index (χ1v) is 16.5. The van der Waals surface area contributed by atoms with E-state index in [0.717, 1.165) is 12.8 Å². The molecule has 0 rings (SSSR count). The Labute approximate surface area is 529 Å². The first-order valence-electron chi connectivity index (χ1n) is 16.5. The van der Waals surface area contributed by atoms with E-state index in [1.54, 1.807) is 27.7 Å². The number of hydrogen-bond donors (Lipinski definition) is 5. The zero-order valence-electron chi connectivity index (χ0n) is 38.7. The van der Waals surface area contributed by atoms with E-state index in [2.05, 4.69) is 122 Å². The summed E-state index contributed by atoms with van der Waals surface area (Å²) in [5.74, 6) is 0. The van der Waals surface area contributed by atoms with E-state index in [1.807, 2.05) is 27.7 Å². The third-order valence-electron chi connectivity index (χ3n) is 3.77. The molecule has 0 aromatic heterocycles. The summed E-state index contributed by atoms with van der Waals surface area (Å²) >= 11 is 0. The van der Waals surface area contributed by atoms with Crippen LogP contribution in [0.3, 0.4) is 0 Å². The van der Waals surface area contributed by atoms with Gasteiger partial charge >= 0.3 is 0 Å². The number of aliphatic hydroxyl groups excluding tert-OH is 5. The number of hydrogen-bond acceptors (Lipinski definition) is 10. The molecule has 0 aliphatic heterocycles. The Morgan fingerprint density at radius 1 is 0.500 bits per heavy atom. The van der Waals surface area contributed by atoms with Gasteiger partial charge in [-0.3, -0.25) is 13.2 Å². The SMILES string of the molecule is C=COCO.CCC(C)OCO.CCC(C)OCO.C[CH-]CC.C[CH-]CC.C[CH-]CC.C[CH-]OCO.C[CH-]OCO.[CH-]=C.[CH-]=C.[CH2-]C.[CH2-]C.[Y].[Y].[Y].[Y].[Y].[Y].[Y]. The molecule has 5 N–H and O–H groups in total. The number of rotatable bonds is 15. The fourth-order valence-corrected chi connectivity index (χ4v) is 0.692. The number of ether oxygens (including phenoxy) is 5. The zero-order chi connectivity index (χ0) is 42.0. The van der Waals surface area contributed by atoms with E-state index in [0.29, 0.717) is 0 Å². The average Bonchev–Trinajstić information content (AvgIpc) is 3.17. The van der Waals surface area contributed by atoms with E-state index in [-0.39, 0.29) is 275 Å². The topological polar surface area (TPSA) is 147 Å². The molecule has 0 saturated carbocycles. The van der Waals surface area contributed by atoms with Crippen LogP contribution >= 0.6 is 0 Å². The van der Waals surface area contributed by atoms with E-state index >= 15 is 0 Å². The minimum atomic E-state index is -0.274. The maximum Gasteiger partial charge on any atom is 0.185 e. The molecule has 56 heavy (non-hydrogen) atoms. The van der Waals surface area contributed by atoms with Gasteiger partial charge in [-0.25, -0.2) is 13.2 Å². The van der Waals surface area contributed by atoms with Gasteiger partial charge in [-0.1, -0.05) is 41.2 Å². The van der Waals surface area contributed by atoms with Crippen LogP contribution in [0.4, 0.5) is 0 Å². The summed E-state index contributed by atoms with van der Waals surface area (Å²) in [6.07, 6.45) is 13.5. The molecule has 10 nitrogen and oxygen atoms in total. The third-order valence-corrected chi connectivity index (χ3v) is 3.77. The van der Waals surface area contributed by atoms with Gasteiger partial charge in [0.05, 0.1) is 18.5 Å². The van der Waals surface area contributed by atoms with Crippen LogP contribution in [0.1, 0.15) is 129 Å². The molecule has 0 aromatic carbocycles. The molecule has 0 amide bonds. The fraction of sp³-hybridized carbons (Fsp3) is 0.667.